The molecule has 1 atom stereocenters. The van der Waals surface area contributed by atoms with Crippen LogP contribution in [-0.4, -0.2) is 59.0 Å². The lowest BCUT2D eigenvalue weighted by atomic mass is 10.1. The van der Waals surface area contributed by atoms with E-state index in [2.05, 4.69) is 4.74 Å². The molecule has 1 aliphatic heterocycles. The normalized spacial score (nSPS) is 16.1. The molecule has 2 rings (SSSR count). The van der Waals surface area contributed by atoms with Crippen LogP contribution in [-0.2, 0) is 35.2 Å². The Labute approximate surface area is 181 Å². The molecule has 0 aromatic heterocycles. The van der Waals surface area contributed by atoms with Gasteiger partial charge in [0.05, 0.1) is 7.11 Å². The zero-order valence-electron chi connectivity index (χ0n) is 18.2. The van der Waals surface area contributed by atoms with E-state index in [0.717, 1.165) is 15.4 Å². The molecule has 0 unspecified atom stereocenters. The third-order valence-corrected chi connectivity index (χ3v) is 4.30. The Kier molecular flexibility index (Phi) is 8.18. The van der Waals surface area contributed by atoms with E-state index in [1.807, 2.05) is 30.3 Å². The summed E-state index contributed by atoms with van der Waals surface area (Å²) >= 11 is 0. The molecule has 9 nitrogen and oxygen atoms in total. The van der Waals surface area contributed by atoms with Crippen molar-refractivity contribution < 1.29 is 33.4 Å². The number of hydrogen-bond acceptors (Lipinski definition) is 7. The summed E-state index contributed by atoms with van der Waals surface area (Å²) in [6.45, 7) is 4.89. The molecule has 1 aromatic carbocycles. The fraction of sp³-hybridized carbons (Fsp3) is 0.455. The van der Waals surface area contributed by atoms with Gasteiger partial charge in [-0.2, -0.15) is 0 Å². The first-order chi connectivity index (χ1) is 14.6. The van der Waals surface area contributed by atoms with Gasteiger partial charge in [0.1, 0.15) is 24.8 Å². The molecule has 0 bridgehead atoms. The van der Waals surface area contributed by atoms with Crippen molar-refractivity contribution in [1.29, 1.82) is 0 Å². The van der Waals surface area contributed by atoms with Crippen LogP contribution in [0.25, 0.3) is 0 Å². The Hall–Kier alpha value is -3.36. The summed E-state index contributed by atoms with van der Waals surface area (Å²) in [5.41, 5.74) is 0.0952. The zero-order valence-corrected chi connectivity index (χ0v) is 18.2. The van der Waals surface area contributed by atoms with E-state index in [4.69, 9.17) is 9.47 Å². The zero-order chi connectivity index (χ0) is 23.0. The molecular formula is C22H28N2O7. The Morgan fingerprint density at radius 1 is 1.03 bits per heavy atom. The number of hydrogen-bond donors (Lipinski definition) is 0. The number of nitrogens with zero attached hydrogens (tertiary/aromatic N) is 2. The number of methoxy groups -OCH3 is 1. The molecule has 31 heavy (non-hydrogen) atoms. The molecule has 1 aliphatic rings. The van der Waals surface area contributed by atoms with Gasteiger partial charge in [0.25, 0.3) is 0 Å². The van der Waals surface area contributed by atoms with Crippen LogP contribution in [0.5, 0.6) is 0 Å². The highest BCUT2D eigenvalue weighted by atomic mass is 16.6. The summed E-state index contributed by atoms with van der Waals surface area (Å²) in [6.07, 6.45) is 1.89. The van der Waals surface area contributed by atoms with E-state index < -0.39 is 35.6 Å². The highest BCUT2D eigenvalue weighted by Crippen LogP contribution is 2.20. The fourth-order valence-corrected chi connectivity index (χ4v) is 2.88. The van der Waals surface area contributed by atoms with Crippen molar-refractivity contribution in [2.45, 2.75) is 51.9 Å². The summed E-state index contributed by atoms with van der Waals surface area (Å²) < 4.78 is 15.2. The number of rotatable bonds is 7. The first-order valence-electron chi connectivity index (χ1n) is 9.87. The molecule has 2 amide bonds. The maximum Gasteiger partial charge on any atom is 0.414 e. The Morgan fingerprint density at radius 2 is 1.71 bits per heavy atom. The second-order valence-corrected chi connectivity index (χ2v) is 7.93. The van der Waals surface area contributed by atoms with Crippen molar-refractivity contribution in [2.24, 2.45) is 0 Å². The lowest BCUT2D eigenvalue weighted by molar-refractivity contribution is -0.158. The van der Waals surface area contributed by atoms with Gasteiger partial charge >= 0.3 is 18.0 Å². The summed E-state index contributed by atoms with van der Waals surface area (Å²) in [5.74, 6) is -1.62. The smallest absolute Gasteiger partial charge is 0.414 e. The Morgan fingerprint density at radius 3 is 2.32 bits per heavy atom. The number of carbonyl (C=O) groups is 4. The van der Waals surface area contributed by atoms with E-state index >= 15 is 0 Å². The standard InChI is InChI=1S/C22H28N2O7/c1-22(2,3)31-19(26)14-23-12-13-24(17(20(23)27)10-11-18(25)29-4)21(28)30-15-16-8-6-5-7-9-16/h5-9,12-13,17H,10-11,14-15H2,1-4H3/t17-/m1/s1. The van der Waals surface area contributed by atoms with Gasteiger partial charge < -0.3 is 19.1 Å². The van der Waals surface area contributed by atoms with Crippen LogP contribution in [0, 0.1) is 0 Å². The number of amides is 2. The number of ether oxygens (including phenoxy) is 3. The first-order valence-corrected chi connectivity index (χ1v) is 9.87. The van der Waals surface area contributed by atoms with Crippen LogP contribution < -0.4 is 0 Å². The number of carbonyl (C=O) groups excluding carboxylic acids is 4. The average Bonchev–Trinajstić information content (AvgIpc) is 2.71. The summed E-state index contributed by atoms with van der Waals surface area (Å²) in [4.78, 5) is 51.6. The van der Waals surface area contributed by atoms with Gasteiger partial charge in [-0.15, -0.1) is 0 Å². The van der Waals surface area contributed by atoms with Crippen LogP contribution in [0.1, 0.15) is 39.2 Å². The predicted octanol–water partition coefficient (Wildman–Crippen LogP) is 2.60. The van der Waals surface area contributed by atoms with Crippen LogP contribution in [0.2, 0.25) is 0 Å². The summed E-state index contributed by atoms with van der Waals surface area (Å²) in [6, 6.07) is 8.08. The fourth-order valence-electron chi connectivity index (χ4n) is 2.88. The molecule has 0 fully saturated rings. The second kappa shape index (κ2) is 10.6. The van der Waals surface area contributed by atoms with Crippen LogP contribution in [0.3, 0.4) is 0 Å². The third kappa shape index (κ3) is 7.44. The topological polar surface area (TPSA) is 102 Å². The average molecular weight is 432 g/mol. The van der Waals surface area contributed by atoms with Crippen molar-refractivity contribution in [1.82, 2.24) is 9.80 Å². The largest absolute Gasteiger partial charge is 0.469 e. The summed E-state index contributed by atoms with van der Waals surface area (Å²) in [7, 11) is 1.24. The van der Waals surface area contributed by atoms with Crippen molar-refractivity contribution >= 4 is 23.9 Å². The molecule has 0 N–H and O–H groups in total. The monoisotopic (exact) mass is 432 g/mol. The molecule has 1 heterocycles. The van der Waals surface area contributed by atoms with Crippen LogP contribution >= 0.6 is 0 Å². The molecule has 1 aromatic rings. The number of esters is 2. The maximum absolute atomic E-state index is 13.0. The Bertz CT molecular complexity index is 830. The van der Waals surface area contributed by atoms with E-state index in [1.54, 1.807) is 20.8 Å². The third-order valence-electron chi connectivity index (χ3n) is 4.30. The SMILES string of the molecule is COC(=O)CC[C@@H]1C(=O)N(CC(=O)OC(C)(C)C)C=CN1C(=O)OCc1ccccc1. The van der Waals surface area contributed by atoms with Crippen LogP contribution in [0.15, 0.2) is 42.7 Å². The predicted molar refractivity (Wildman–Crippen MR) is 110 cm³/mol. The second-order valence-electron chi connectivity index (χ2n) is 7.93. The molecule has 0 radical (unpaired) electrons. The molecule has 0 aliphatic carbocycles. The van der Waals surface area contributed by atoms with Gasteiger partial charge in [-0.05, 0) is 32.8 Å². The highest BCUT2D eigenvalue weighted by Gasteiger charge is 2.37. The minimum absolute atomic E-state index is 0.0150. The molecule has 0 spiro atoms. The van der Waals surface area contributed by atoms with E-state index in [9.17, 15) is 19.2 Å². The molecule has 0 saturated heterocycles. The van der Waals surface area contributed by atoms with E-state index in [1.165, 1.54) is 19.5 Å². The molecule has 0 saturated carbocycles. The van der Waals surface area contributed by atoms with Crippen molar-refractivity contribution in [3.8, 4) is 0 Å². The van der Waals surface area contributed by atoms with Crippen molar-refractivity contribution in [3.05, 3.63) is 48.3 Å². The quantitative estimate of drug-likeness (QED) is 0.482. The maximum atomic E-state index is 13.0. The van der Waals surface area contributed by atoms with Gasteiger partial charge in [0.15, 0.2) is 0 Å². The van der Waals surface area contributed by atoms with Crippen molar-refractivity contribution in [3.63, 3.8) is 0 Å². The first kappa shape index (κ1) is 23.9. The molecular weight excluding hydrogens is 404 g/mol. The van der Waals surface area contributed by atoms with Gasteiger partial charge in [0.2, 0.25) is 5.91 Å². The highest BCUT2D eigenvalue weighted by molar-refractivity contribution is 5.91. The lowest BCUT2D eigenvalue weighted by Crippen LogP contribution is -2.52. The molecule has 9 heteroatoms. The van der Waals surface area contributed by atoms with Gasteiger partial charge in [-0.3, -0.25) is 19.3 Å². The minimum atomic E-state index is -1.02. The Balaban J connectivity index is 2.12. The van der Waals surface area contributed by atoms with Gasteiger partial charge in [0, 0.05) is 18.8 Å². The van der Waals surface area contributed by atoms with E-state index in [-0.39, 0.29) is 26.0 Å². The van der Waals surface area contributed by atoms with Gasteiger partial charge in [-0.25, -0.2) is 4.79 Å². The lowest BCUT2D eigenvalue weighted by Gasteiger charge is -2.35. The number of benzene rings is 1. The van der Waals surface area contributed by atoms with Gasteiger partial charge in [-0.1, -0.05) is 30.3 Å². The van der Waals surface area contributed by atoms with Crippen LogP contribution in [0.4, 0.5) is 4.79 Å². The summed E-state index contributed by atoms with van der Waals surface area (Å²) in [5, 5.41) is 0. The molecule has 168 valence electrons. The van der Waals surface area contributed by atoms with Crippen molar-refractivity contribution in [2.75, 3.05) is 13.7 Å². The minimum Gasteiger partial charge on any atom is -0.469 e. The van der Waals surface area contributed by atoms with E-state index in [0.29, 0.717) is 0 Å².